The van der Waals surface area contributed by atoms with Crippen molar-refractivity contribution in [2.24, 2.45) is 17.4 Å². The summed E-state index contributed by atoms with van der Waals surface area (Å²) in [5.41, 5.74) is 11.4. The molecule has 0 aromatic carbocycles. The summed E-state index contributed by atoms with van der Waals surface area (Å²) in [6.07, 6.45) is 3.47. The molecule has 0 fully saturated rings. The Morgan fingerprint density at radius 1 is 0.886 bits per heavy atom. The number of carboxylic acid groups (broad SMARTS) is 2. The van der Waals surface area contributed by atoms with E-state index in [1.54, 1.807) is 13.8 Å². The molecule has 0 radical (unpaired) electrons. The maximum Gasteiger partial charge on any atom is 0.326 e. The number of nitrogens with two attached hydrogens (primary N) is 2. The van der Waals surface area contributed by atoms with Crippen LogP contribution in [0.2, 0.25) is 0 Å². The van der Waals surface area contributed by atoms with Crippen LogP contribution < -0.4 is 27.4 Å². The maximum atomic E-state index is 13.0. The molecule has 9 N–H and O–H groups in total. The molecular weight excluding hydrogens is 478 g/mol. The first-order valence-electron chi connectivity index (χ1n) is 11.8. The van der Waals surface area contributed by atoms with Gasteiger partial charge >= 0.3 is 11.9 Å². The van der Waals surface area contributed by atoms with Crippen molar-refractivity contribution < 1.29 is 34.2 Å². The van der Waals surface area contributed by atoms with Gasteiger partial charge < -0.3 is 37.6 Å². The first-order chi connectivity index (χ1) is 16.5. The van der Waals surface area contributed by atoms with E-state index in [0.717, 1.165) is 0 Å². The number of aliphatic carboxylic acids is 2. The molecule has 0 rings (SSSR count). The molecule has 12 nitrogen and oxygen atoms in total. The molecule has 0 saturated carbocycles. The highest BCUT2D eigenvalue weighted by molar-refractivity contribution is 7.98. The van der Waals surface area contributed by atoms with E-state index >= 15 is 0 Å². The predicted molar refractivity (Wildman–Crippen MR) is 134 cm³/mol. The summed E-state index contributed by atoms with van der Waals surface area (Å²) in [6.45, 7) is 3.83. The lowest BCUT2D eigenvalue weighted by Crippen LogP contribution is -2.57. The van der Waals surface area contributed by atoms with Crippen molar-refractivity contribution in [2.75, 3.05) is 18.6 Å². The number of rotatable bonds is 19. The van der Waals surface area contributed by atoms with Gasteiger partial charge in [0.15, 0.2) is 0 Å². The SMILES string of the molecule is CCC(C)C(NC(=O)C(CCC(=O)O)NC(=O)C(CCCCN)NC(=O)C(N)CCSC)C(=O)O. The average molecular weight is 520 g/mol. The van der Waals surface area contributed by atoms with Gasteiger partial charge in [-0.2, -0.15) is 11.8 Å². The van der Waals surface area contributed by atoms with Crippen LogP contribution in [0.3, 0.4) is 0 Å². The molecule has 0 aliphatic heterocycles. The number of hydrogen-bond acceptors (Lipinski definition) is 8. The van der Waals surface area contributed by atoms with Crippen molar-refractivity contribution in [1.29, 1.82) is 0 Å². The first kappa shape index (κ1) is 32.6. The van der Waals surface area contributed by atoms with E-state index < -0.39 is 66.2 Å². The lowest BCUT2D eigenvalue weighted by molar-refractivity contribution is -0.144. The van der Waals surface area contributed by atoms with Crippen LogP contribution in [0.15, 0.2) is 0 Å². The van der Waals surface area contributed by atoms with Gasteiger partial charge in [-0.1, -0.05) is 20.3 Å². The summed E-state index contributed by atoms with van der Waals surface area (Å²) in [4.78, 5) is 61.1. The molecule has 0 saturated heterocycles. The van der Waals surface area contributed by atoms with E-state index in [1.165, 1.54) is 11.8 Å². The fourth-order valence-electron chi connectivity index (χ4n) is 3.16. The van der Waals surface area contributed by atoms with E-state index in [2.05, 4.69) is 16.0 Å². The van der Waals surface area contributed by atoms with Crippen LogP contribution in [-0.4, -0.2) is 82.6 Å². The average Bonchev–Trinajstić information content (AvgIpc) is 2.81. The Kier molecular flexibility index (Phi) is 16.7. The van der Waals surface area contributed by atoms with Crippen LogP contribution in [0, 0.1) is 5.92 Å². The molecule has 35 heavy (non-hydrogen) atoms. The summed E-state index contributed by atoms with van der Waals surface area (Å²) >= 11 is 1.53. The van der Waals surface area contributed by atoms with Crippen molar-refractivity contribution in [3.05, 3.63) is 0 Å². The lowest BCUT2D eigenvalue weighted by Gasteiger charge is -2.26. The second kappa shape index (κ2) is 18.0. The molecule has 0 bridgehead atoms. The van der Waals surface area contributed by atoms with Crippen LogP contribution in [-0.2, 0) is 24.0 Å². The zero-order valence-corrected chi connectivity index (χ0v) is 21.6. The van der Waals surface area contributed by atoms with Crippen molar-refractivity contribution in [1.82, 2.24) is 16.0 Å². The molecule has 0 heterocycles. The molecule has 5 atom stereocenters. The Morgan fingerprint density at radius 2 is 1.46 bits per heavy atom. The zero-order chi connectivity index (χ0) is 27.0. The molecule has 0 aromatic rings. The molecule has 0 spiro atoms. The highest BCUT2D eigenvalue weighted by Gasteiger charge is 2.32. The first-order valence-corrected chi connectivity index (χ1v) is 13.2. The standard InChI is InChI=1S/C22H41N5O7S/c1-4-13(2)18(22(33)34)27-21(32)16(8-9-17(28)29)26-20(31)15(7-5-6-11-23)25-19(30)14(24)10-12-35-3/h13-16,18H,4-12,23-24H2,1-3H3,(H,25,30)(H,26,31)(H,27,32)(H,28,29)(H,33,34). The second-order valence-corrected chi connectivity index (χ2v) is 9.42. The normalized spacial score (nSPS) is 15.2. The maximum absolute atomic E-state index is 13.0. The molecular formula is C22H41N5O7S. The summed E-state index contributed by atoms with van der Waals surface area (Å²) in [6, 6.07) is -4.33. The Labute approximate surface area is 210 Å². The lowest BCUT2D eigenvalue weighted by atomic mass is 9.98. The number of carbonyl (C=O) groups is 5. The van der Waals surface area contributed by atoms with Gasteiger partial charge in [0.25, 0.3) is 0 Å². The Hall–Kier alpha value is -2.38. The molecule has 202 valence electrons. The monoisotopic (exact) mass is 519 g/mol. The Morgan fingerprint density at radius 3 is 1.97 bits per heavy atom. The van der Waals surface area contributed by atoms with Crippen molar-refractivity contribution in [3.8, 4) is 0 Å². The number of nitrogens with one attached hydrogen (secondary N) is 3. The number of carboxylic acids is 2. The van der Waals surface area contributed by atoms with E-state index in [1.807, 2.05) is 6.26 Å². The van der Waals surface area contributed by atoms with Crippen molar-refractivity contribution in [2.45, 2.75) is 83.0 Å². The number of amides is 3. The zero-order valence-electron chi connectivity index (χ0n) is 20.7. The van der Waals surface area contributed by atoms with Crippen molar-refractivity contribution >= 4 is 41.4 Å². The summed E-state index contributed by atoms with van der Waals surface area (Å²) < 4.78 is 0. The van der Waals surface area contributed by atoms with Gasteiger partial charge in [0, 0.05) is 6.42 Å². The van der Waals surface area contributed by atoms with Crippen LogP contribution in [0.5, 0.6) is 0 Å². The fraction of sp³-hybridized carbons (Fsp3) is 0.773. The Bertz CT molecular complexity index is 710. The quantitative estimate of drug-likeness (QED) is 0.110. The van der Waals surface area contributed by atoms with Crippen LogP contribution in [0.25, 0.3) is 0 Å². The number of hydrogen-bond donors (Lipinski definition) is 7. The van der Waals surface area contributed by atoms with Gasteiger partial charge in [0.05, 0.1) is 6.04 Å². The smallest absolute Gasteiger partial charge is 0.326 e. The van der Waals surface area contributed by atoms with Gasteiger partial charge in [0.1, 0.15) is 18.1 Å². The van der Waals surface area contributed by atoms with E-state index in [9.17, 15) is 29.1 Å². The molecule has 13 heteroatoms. The molecule has 0 aromatic heterocycles. The largest absolute Gasteiger partial charge is 0.481 e. The van der Waals surface area contributed by atoms with E-state index in [-0.39, 0.29) is 12.8 Å². The number of carbonyl (C=O) groups excluding carboxylic acids is 3. The predicted octanol–water partition coefficient (Wildman–Crippen LogP) is -0.354. The molecule has 0 aliphatic carbocycles. The molecule has 0 aliphatic rings. The minimum Gasteiger partial charge on any atom is -0.481 e. The molecule has 3 amide bonds. The van der Waals surface area contributed by atoms with E-state index in [4.69, 9.17) is 16.6 Å². The van der Waals surface area contributed by atoms with Crippen LogP contribution in [0.4, 0.5) is 0 Å². The Balaban J connectivity index is 5.58. The third kappa shape index (κ3) is 13.3. The third-order valence-corrected chi connectivity index (χ3v) is 6.25. The summed E-state index contributed by atoms with van der Waals surface area (Å²) in [7, 11) is 0. The van der Waals surface area contributed by atoms with E-state index in [0.29, 0.717) is 38.0 Å². The number of thioether (sulfide) groups is 1. The fourth-order valence-corrected chi connectivity index (χ4v) is 3.65. The van der Waals surface area contributed by atoms with Gasteiger partial charge in [0.2, 0.25) is 17.7 Å². The van der Waals surface area contributed by atoms with Gasteiger partial charge in [-0.05, 0) is 56.6 Å². The van der Waals surface area contributed by atoms with Gasteiger partial charge in [-0.3, -0.25) is 19.2 Å². The highest BCUT2D eigenvalue weighted by Crippen LogP contribution is 2.10. The third-order valence-electron chi connectivity index (χ3n) is 5.61. The second-order valence-electron chi connectivity index (χ2n) is 8.44. The molecule has 5 unspecified atom stereocenters. The van der Waals surface area contributed by atoms with Crippen LogP contribution in [0.1, 0.15) is 58.8 Å². The van der Waals surface area contributed by atoms with Crippen molar-refractivity contribution in [3.63, 3.8) is 0 Å². The van der Waals surface area contributed by atoms with Gasteiger partial charge in [-0.25, -0.2) is 4.79 Å². The summed E-state index contributed by atoms with van der Waals surface area (Å²) in [5.74, 6) is -4.15. The summed E-state index contributed by atoms with van der Waals surface area (Å²) in [5, 5.41) is 26.0. The highest BCUT2D eigenvalue weighted by atomic mass is 32.2. The van der Waals surface area contributed by atoms with Gasteiger partial charge in [-0.15, -0.1) is 0 Å². The van der Waals surface area contributed by atoms with Crippen LogP contribution >= 0.6 is 11.8 Å². The topological polar surface area (TPSA) is 214 Å². The minimum absolute atomic E-state index is 0.238. The minimum atomic E-state index is -1.30. The number of unbranched alkanes of at least 4 members (excludes halogenated alkanes) is 1.